The summed E-state index contributed by atoms with van der Waals surface area (Å²) >= 11 is 12.3. The van der Waals surface area contributed by atoms with Crippen molar-refractivity contribution in [3.8, 4) is 0 Å². The van der Waals surface area contributed by atoms with Crippen molar-refractivity contribution in [3.05, 3.63) is 33.8 Å². The largest absolute Gasteiger partial charge is 0.364 e. The molecular formula is C16H19Cl2NO. The smallest absolute Gasteiger partial charge is 0.108 e. The molecule has 2 bridgehead atoms. The van der Waals surface area contributed by atoms with E-state index in [1.54, 1.807) is 0 Å². The monoisotopic (exact) mass is 311 g/mol. The molecule has 20 heavy (non-hydrogen) atoms. The van der Waals surface area contributed by atoms with Gasteiger partial charge in [0.15, 0.2) is 0 Å². The number of likely N-dealkylation sites (tertiary alicyclic amines) is 1. The predicted octanol–water partition coefficient (Wildman–Crippen LogP) is 4.23. The number of rotatable bonds is 3. The Balaban J connectivity index is 1.70. The topological polar surface area (TPSA) is 12.5 Å². The van der Waals surface area contributed by atoms with E-state index in [-0.39, 0.29) is 5.60 Å². The molecule has 0 radical (unpaired) electrons. The maximum atomic E-state index is 6.44. The fourth-order valence-corrected chi connectivity index (χ4v) is 4.25. The van der Waals surface area contributed by atoms with Crippen molar-refractivity contribution in [2.45, 2.75) is 56.4 Å². The quantitative estimate of drug-likeness (QED) is 0.828. The Morgan fingerprint density at radius 3 is 2.75 bits per heavy atom. The van der Waals surface area contributed by atoms with Crippen molar-refractivity contribution in [2.24, 2.45) is 0 Å². The summed E-state index contributed by atoms with van der Waals surface area (Å²) in [6.07, 6.45) is 5.24. The molecule has 0 aromatic heterocycles. The van der Waals surface area contributed by atoms with E-state index in [1.807, 2.05) is 12.1 Å². The molecule has 1 aromatic rings. The molecule has 3 unspecified atom stereocenters. The Morgan fingerprint density at radius 1 is 1.30 bits per heavy atom. The molecule has 2 saturated heterocycles. The summed E-state index contributed by atoms with van der Waals surface area (Å²) in [6, 6.07) is 7.35. The summed E-state index contributed by atoms with van der Waals surface area (Å²) in [7, 11) is 0. The van der Waals surface area contributed by atoms with Crippen molar-refractivity contribution in [3.63, 3.8) is 0 Å². The lowest BCUT2D eigenvalue weighted by atomic mass is 9.93. The molecule has 1 aliphatic carbocycles. The van der Waals surface area contributed by atoms with E-state index in [4.69, 9.17) is 27.9 Å². The van der Waals surface area contributed by atoms with Gasteiger partial charge < -0.3 is 4.74 Å². The third-order valence-corrected chi connectivity index (χ3v) is 5.81. The fourth-order valence-electron chi connectivity index (χ4n) is 3.95. The van der Waals surface area contributed by atoms with Crippen LogP contribution >= 0.6 is 23.2 Å². The molecule has 1 saturated carbocycles. The Labute approximate surface area is 130 Å². The van der Waals surface area contributed by atoms with E-state index in [2.05, 4.69) is 17.9 Å². The summed E-state index contributed by atoms with van der Waals surface area (Å²) in [5.41, 5.74) is 1.03. The first kappa shape index (κ1) is 13.4. The minimum absolute atomic E-state index is 0.165. The van der Waals surface area contributed by atoms with Gasteiger partial charge in [-0.05, 0) is 43.4 Å². The summed E-state index contributed by atoms with van der Waals surface area (Å²) in [5.74, 6) is 0. The van der Waals surface area contributed by atoms with E-state index in [0.717, 1.165) is 25.4 Å². The van der Waals surface area contributed by atoms with Crippen LogP contribution in [0, 0.1) is 0 Å². The molecule has 2 heterocycles. The molecule has 0 spiro atoms. The average Bonchev–Trinajstić information content (AvgIpc) is 3.14. The second-order valence-corrected chi connectivity index (χ2v) is 7.18. The van der Waals surface area contributed by atoms with Gasteiger partial charge in [-0.15, -0.1) is 0 Å². The zero-order valence-electron chi connectivity index (χ0n) is 11.6. The lowest BCUT2D eigenvalue weighted by Crippen LogP contribution is -2.47. The molecule has 3 atom stereocenters. The summed E-state index contributed by atoms with van der Waals surface area (Å²) in [6.45, 7) is 3.23. The van der Waals surface area contributed by atoms with Crippen LogP contribution in [0.25, 0.3) is 0 Å². The van der Waals surface area contributed by atoms with Gasteiger partial charge in [-0.3, -0.25) is 4.90 Å². The number of ether oxygens (including phenoxy) is 1. The van der Waals surface area contributed by atoms with Crippen LogP contribution in [-0.2, 0) is 10.3 Å². The van der Waals surface area contributed by atoms with Crippen LogP contribution in [0.1, 0.15) is 38.2 Å². The zero-order valence-corrected chi connectivity index (χ0v) is 13.1. The van der Waals surface area contributed by atoms with Crippen LogP contribution < -0.4 is 0 Å². The average molecular weight is 312 g/mol. The Morgan fingerprint density at radius 2 is 2.10 bits per heavy atom. The van der Waals surface area contributed by atoms with Crippen molar-refractivity contribution in [2.75, 3.05) is 6.54 Å². The lowest BCUT2D eigenvalue weighted by Gasteiger charge is -2.38. The lowest BCUT2D eigenvalue weighted by molar-refractivity contribution is -0.103. The minimum atomic E-state index is -0.165. The molecule has 3 fully saturated rings. The molecule has 0 N–H and O–H groups in total. The van der Waals surface area contributed by atoms with Crippen molar-refractivity contribution >= 4 is 23.2 Å². The molecular weight excluding hydrogens is 293 g/mol. The highest BCUT2D eigenvalue weighted by Gasteiger charge is 2.58. The van der Waals surface area contributed by atoms with Crippen LogP contribution in [0.2, 0.25) is 10.0 Å². The molecule has 0 amide bonds. The molecule has 3 aliphatic rings. The minimum Gasteiger partial charge on any atom is -0.364 e. The number of nitrogens with zero attached hydrogens (tertiary/aromatic N) is 1. The SMILES string of the molecule is CCC1OC2(c3ccc(Cl)c(Cl)c3)CC1N(C1CC1)C2. The Hall–Kier alpha value is -0.280. The first-order valence-corrected chi connectivity index (χ1v) is 8.27. The van der Waals surface area contributed by atoms with E-state index in [1.165, 1.54) is 18.4 Å². The highest BCUT2D eigenvalue weighted by atomic mass is 35.5. The maximum absolute atomic E-state index is 6.44. The van der Waals surface area contributed by atoms with E-state index < -0.39 is 0 Å². The molecule has 1 aromatic carbocycles. The van der Waals surface area contributed by atoms with Crippen molar-refractivity contribution in [1.82, 2.24) is 4.90 Å². The van der Waals surface area contributed by atoms with E-state index >= 15 is 0 Å². The molecule has 4 heteroatoms. The van der Waals surface area contributed by atoms with Crippen LogP contribution in [-0.4, -0.2) is 29.6 Å². The fraction of sp³-hybridized carbons (Fsp3) is 0.625. The second-order valence-electron chi connectivity index (χ2n) is 6.36. The van der Waals surface area contributed by atoms with Gasteiger partial charge in [-0.2, -0.15) is 0 Å². The first-order valence-electron chi connectivity index (χ1n) is 7.52. The Bertz CT molecular complexity index is 545. The standard InChI is InChI=1S/C16H19Cl2NO/c1-2-15-14-8-16(20-15,9-19(14)11-4-5-11)10-3-6-12(17)13(18)7-10/h3,6-7,11,14-15H,2,4-5,8-9H2,1H3. The van der Waals surface area contributed by atoms with Crippen LogP contribution in [0.3, 0.4) is 0 Å². The molecule has 2 aliphatic heterocycles. The van der Waals surface area contributed by atoms with Gasteiger partial charge in [0.25, 0.3) is 0 Å². The molecule has 4 rings (SSSR count). The first-order chi connectivity index (χ1) is 9.63. The van der Waals surface area contributed by atoms with Crippen molar-refractivity contribution < 1.29 is 4.74 Å². The van der Waals surface area contributed by atoms with Crippen LogP contribution in [0.4, 0.5) is 0 Å². The molecule has 108 valence electrons. The number of benzene rings is 1. The number of hydrogen-bond acceptors (Lipinski definition) is 2. The Kier molecular flexibility index (Phi) is 3.08. The summed E-state index contributed by atoms with van der Waals surface area (Å²) in [5, 5.41) is 1.24. The van der Waals surface area contributed by atoms with Gasteiger partial charge in [0.05, 0.1) is 16.1 Å². The highest BCUT2D eigenvalue weighted by Crippen LogP contribution is 2.52. The number of morpholine rings is 1. The van der Waals surface area contributed by atoms with Crippen molar-refractivity contribution in [1.29, 1.82) is 0 Å². The number of fused-ring (bicyclic) bond motifs is 2. The van der Waals surface area contributed by atoms with Crippen LogP contribution in [0.5, 0.6) is 0 Å². The van der Waals surface area contributed by atoms with E-state index in [0.29, 0.717) is 22.2 Å². The maximum Gasteiger partial charge on any atom is 0.108 e. The van der Waals surface area contributed by atoms with Gasteiger partial charge >= 0.3 is 0 Å². The van der Waals surface area contributed by atoms with Gasteiger partial charge in [-0.1, -0.05) is 36.2 Å². The van der Waals surface area contributed by atoms with Gasteiger partial charge in [0.1, 0.15) is 5.60 Å². The summed E-state index contributed by atoms with van der Waals surface area (Å²) < 4.78 is 6.44. The third kappa shape index (κ3) is 1.93. The van der Waals surface area contributed by atoms with Crippen LogP contribution in [0.15, 0.2) is 18.2 Å². The zero-order chi connectivity index (χ0) is 13.9. The van der Waals surface area contributed by atoms with Gasteiger partial charge in [-0.25, -0.2) is 0 Å². The predicted molar refractivity (Wildman–Crippen MR) is 81.4 cm³/mol. The second kappa shape index (κ2) is 4.61. The number of halogens is 2. The van der Waals surface area contributed by atoms with E-state index in [9.17, 15) is 0 Å². The normalized spacial score (nSPS) is 36.8. The van der Waals surface area contributed by atoms with Gasteiger partial charge in [0, 0.05) is 18.6 Å². The summed E-state index contributed by atoms with van der Waals surface area (Å²) in [4.78, 5) is 2.68. The van der Waals surface area contributed by atoms with Gasteiger partial charge in [0.2, 0.25) is 0 Å². The number of hydrogen-bond donors (Lipinski definition) is 0. The highest BCUT2D eigenvalue weighted by molar-refractivity contribution is 6.42. The molecule has 2 nitrogen and oxygen atoms in total. The third-order valence-electron chi connectivity index (χ3n) is 5.07.